The van der Waals surface area contributed by atoms with Gasteiger partial charge in [-0.15, -0.1) is 0 Å². The summed E-state index contributed by atoms with van der Waals surface area (Å²) in [6.45, 7) is 7.27. The van der Waals surface area contributed by atoms with E-state index in [4.69, 9.17) is 18.6 Å². The number of carbonyl (C=O) groups is 1. The highest BCUT2D eigenvalue weighted by Crippen LogP contribution is 2.29. The molecule has 1 saturated heterocycles. The van der Waals surface area contributed by atoms with E-state index in [1.807, 2.05) is 32.0 Å². The molecule has 6 nitrogen and oxygen atoms in total. The minimum Gasteiger partial charge on any atom is -0.493 e. The van der Waals surface area contributed by atoms with Gasteiger partial charge in [0.05, 0.1) is 18.8 Å². The topological polar surface area (TPSA) is 69.9 Å². The third-order valence-electron chi connectivity index (χ3n) is 4.92. The van der Waals surface area contributed by atoms with Gasteiger partial charge < -0.3 is 23.9 Å². The molecule has 1 amide bonds. The summed E-state index contributed by atoms with van der Waals surface area (Å²) in [5.74, 6) is 2.59. The molecule has 2 heterocycles. The standard InChI is InChI=1S/C21H27NO5/c1-13-14(2)27-15(3)20(13)21(23)22-11-16-7-8-18(19(10-16)24-4)26-12-17-6-5-9-25-17/h7-8,10,17H,5-6,9,11-12H2,1-4H3,(H,22,23). The van der Waals surface area contributed by atoms with Crippen molar-refractivity contribution < 1.29 is 23.4 Å². The molecule has 27 heavy (non-hydrogen) atoms. The number of carbonyl (C=O) groups excluding carboxylic acids is 1. The van der Waals surface area contributed by atoms with E-state index < -0.39 is 0 Å². The minimum absolute atomic E-state index is 0.139. The first-order chi connectivity index (χ1) is 13.0. The average Bonchev–Trinajstić information content (AvgIpc) is 3.26. The smallest absolute Gasteiger partial charge is 0.255 e. The van der Waals surface area contributed by atoms with Gasteiger partial charge >= 0.3 is 0 Å². The van der Waals surface area contributed by atoms with E-state index in [-0.39, 0.29) is 12.0 Å². The molecule has 3 rings (SSSR count). The van der Waals surface area contributed by atoms with E-state index in [0.29, 0.717) is 36.0 Å². The number of benzene rings is 1. The Balaban J connectivity index is 1.62. The van der Waals surface area contributed by atoms with Crippen LogP contribution in [0.1, 0.15) is 45.8 Å². The highest BCUT2D eigenvalue weighted by molar-refractivity contribution is 5.96. The summed E-state index contributed by atoms with van der Waals surface area (Å²) in [5.41, 5.74) is 2.41. The molecule has 1 aromatic heterocycles. The second-order valence-electron chi connectivity index (χ2n) is 6.83. The van der Waals surface area contributed by atoms with Gasteiger partial charge in [-0.2, -0.15) is 0 Å². The second kappa shape index (κ2) is 8.48. The van der Waals surface area contributed by atoms with Crippen molar-refractivity contribution in [3.8, 4) is 11.5 Å². The van der Waals surface area contributed by atoms with Crippen LogP contribution in [0.25, 0.3) is 0 Å². The van der Waals surface area contributed by atoms with Gasteiger partial charge in [0.25, 0.3) is 5.91 Å². The first-order valence-corrected chi connectivity index (χ1v) is 9.25. The predicted octanol–water partition coefficient (Wildman–Crippen LogP) is 3.70. The fourth-order valence-electron chi connectivity index (χ4n) is 3.30. The molecule has 0 saturated carbocycles. The van der Waals surface area contributed by atoms with Crippen LogP contribution in [0.4, 0.5) is 0 Å². The molecule has 1 aliphatic heterocycles. The number of hydrogen-bond acceptors (Lipinski definition) is 5. The summed E-state index contributed by atoms with van der Waals surface area (Å²) in [6, 6.07) is 5.67. The molecule has 1 N–H and O–H groups in total. The molecule has 0 aliphatic carbocycles. The average molecular weight is 373 g/mol. The summed E-state index contributed by atoms with van der Waals surface area (Å²) in [5, 5.41) is 2.94. The van der Waals surface area contributed by atoms with E-state index in [0.717, 1.165) is 36.3 Å². The van der Waals surface area contributed by atoms with Crippen molar-refractivity contribution in [2.75, 3.05) is 20.3 Å². The number of aryl methyl sites for hydroxylation is 2. The Hall–Kier alpha value is -2.47. The second-order valence-corrected chi connectivity index (χ2v) is 6.83. The number of hydrogen-bond donors (Lipinski definition) is 1. The Morgan fingerprint density at radius 3 is 2.67 bits per heavy atom. The normalized spacial score (nSPS) is 16.4. The molecule has 6 heteroatoms. The molecule has 1 aliphatic rings. The Morgan fingerprint density at radius 1 is 1.22 bits per heavy atom. The van der Waals surface area contributed by atoms with E-state index >= 15 is 0 Å². The fourth-order valence-corrected chi connectivity index (χ4v) is 3.30. The number of amides is 1. The molecule has 1 fully saturated rings. The number of ether oxygens (including phenoxy) is 3. The van der Waals surface area contributed by atoms with Gasteiger partial charge in [0.1, 0.15) is 18.1 Å². The lowest BCUT2D eigenvalue weighted by molar-refractivity contribution is 0.0669. The zero-order valence-electron chi connectivity index (χ0n) is 16.4. The Morgan fingerprint density at radius 2 is 2.04 bits per heavy atom. The number of rotatable bonds is 7. The SMILES string of the molecule is COc1cc(CNC(=O)c2c(C)oc(C)c2C)ccc1OCC1CCCO1. The van der Waals surface area contributed by atoms with Gasteiger partial charge in [-0.3, -0.25) is 4.79 Å². The van der Waals surface area contributed by atoms with Crippen molar-refractivity contribution in [2.24, 2.45) is 0 Å². The third-order valence-corrected chi connectivity index (χ3v) is 4.92. The van der Waals surface area contributed by atoms with E-state index in [9.17, 15) is 4.79 Å². The molecule has 1 aromatic carbocycles. The zero-order valence-corrected chi connectivity index (χ0v) is 16.4. The van der Waals surface area contributed by atoms with Crippen molar-refractivity contribution in [3.05, 3.63) is 46.4 Å². The Labute approximate surface area is 159 Å². The maximum absolute atomic E-state index is 12.5. The Kier molecular flexibility index (Phi) is 6.06. The van der Waals surface area contributed by atoms with Crippen molar-refractivity contribution >= 4 is 5.91 Å². The summed E-state index contributed by atoms with van der Waals surface area (Å²) >= 11 is 0. The first kappa shape index (κ1) is 19.3. The van der Waals surface area contributed by atoms with Crippen LogP contribution in [0.5, 0.6) is 11.5 Å². The van der Waals surface area contributed by atoms with Crippen LogP contribution in [0.15, 0.2) is 22.6 Å². The maximum atomic E-state index is 12.5. The van der Waals surface area contributed by atoms with E-state index in [1.54, 1.807) is 14.0 Å². The van der Waals surface area contributed by atoms with E-state index in [2.05, 4.69) is 5.32 Å². The largest absolute Gasteiger partial charge is 0.493 e. The van der Waals surface area contributed by atoms with Gasteiger partial charge in [-0.1, -0.05) is 6.07 Å². The van der Waals surface area contributed by atoms with Crippen LogP contribution in [0.2, 0.25) is 0 Å². The zero-order chi connectivity index (χ0) is 19.4. The predicted molar refractivity (Wildman–Crippen MR) is 102 cm³/mol. The van der Waals surface area contributed by atoms with Crippen LogP contribution >= 0.6 is 0 Å². The molecule has 2 aromatic rings. The summed E-state index contributed by atoms with van der Waals surface area (Å²) in [7, 11) is 1.61. The minimum atomic E-state index is -0.139. The van der Waals surface area contributed by atoms with Gasteiger partial charge in [-0.25, -0.2) is 0 Å². The van der Waals surface area contributed by atoms with Crippen molar-refractivity contribution in [3.63, 3.8) is 0 Å². The van der Waals surface area contributed by atoms with Gasteiger partial charge in [0.15, 0.2) is 11.5 Å². The molecule has 0 radical (unpaired) electrons. The number of nitrogens with one attached hydrogen (secondary N) is 1. The molecule has 0 spiro atoms. The summed E-state index contributed by atoms with van der Waals surface area (Å²) in [4.78, 5) is 12.5. The van der Waals surface area contributed by atoms with Gasteiger partial charge in [0, 0.05) is 18.7 Å². The fraction of sp³-hybridized carbons (Fsp3) is 0.476. The van der Waals surface area contributed by atoms with Crippen molar-refractivity contribution in [2.45, 2.75) is 46.3 Å². The lowest BCUT2D eigenvalue weighted by Gasteiger charge is -2.15. The molecule has 1 unspecified atom stereocenters. The molecular formula is C21H27NO5. The lowest BCUT2D eigenvalue weighted by atomic mass is 10.1. The Bertz CT molecular complexity index is 805. The molecular weight excluding hydrogens is 346 g/mol. The quantitative estimate of drug-likeness (QED) is 0.801. The third kappa shape index (κ3) is 4.45. The van der Waals surface area contributed by atoms with Crippen molar-refractivity contribution in [1.82, 2.24) is 5.32 Å². The first-order valence-electron chi connectivity index (χ1n) is 9.25. The van der Waals surface area contributed by atoms with Gasteiger partial charge in [-0.05, 0) is 51.3 Å². The lowest BCUT2D eigenvalue weighted by Crippen LogP contribution is -2.23. The van der Waals surface area contributed by atoms with Gasteiger partial charge in [0.2, 0.25) is 0 Å². The van der Waals surface area contributed by atoms with Crippen LogP contribution in [0, 0.1) is 20.8 Å². The highest BCUT2D eigenvalue weighted by Gasteiger charge is 2.19. The molecule has 1 atom stereocenters. The number of furan rings is 1. The van der Waals surface area contributed by atoms with Crippen LogP contribution in [-0.4, -0.2) is 32.3 Å². The van der Waals surface area contributed by atoms with Crippen LogP contribution in [-0.2, 0) is 11.3 Å². The summed E-state index contributed by atoms with van der Waals surface area (Å²) < 4.78 is 22.4. The van der Waals surface area contributed by atoms with E-state index in [1.165, 1.54) is 0 Å². The molecule has 146 valence electrons. The maximum Gasteiger partial charge on any atom is 0.255 e. The van der Waals surface area contributed by atoms with Crippen LogP contribution in [0.3, 0.4) is 0 Å². The monoisotopic (exact) mass is 373 g/mol. The highest BCUT2D eigenvalue weighted by atomic mass is 16.5. The molecule has 0 bridgehead atoms. The summed E-state index contributed by atoms with van der Waals surface area (Å²) in [6.07, 6.45) is 2.26. The number of methoxy groups -OCH3 is 1. The van der Waals surface area contributed by atoms with Crippen molar-refractivity contribution in [1.29, 1.82) is 0 Å². The van der Waals surface area contributed by atoms with Crippen LogP contribution < -0.4 is 14.8 Å².